The van der Waals surface area contributed by atoms with Crippen molar-refractivity contribution in [3.8, 4) is 0 Å². The van der Waals surface area contributed by atoms with E-state index in [4.69, 9.17) is 4.74 Å². The summed E-state index contributed by atoms with van der Waals surface area (Å²) in [5.74, 6) is -0.219. The normalized spacial score (nSPS) is 18.2. The summed E-state index contributed by atoms with van der Waals surface area (Å²) in [6.07, 6.45) is 3.73. The molecule has 0 aromatic heterocycles. The first kappa shape index (κ1) is 12.7. The van der Waals surface area contributed by atoms with Gasteiger partial charge in [-0.25, -0.2) is 4.79 Å². The monoisotopic (exact) mass is 226 g/mol. The molecule has 5 heteroatoms. The van der Waals surface area contributed by atoms with E-state index in [1.165, 1.54) is 6.08 Å². The fourth-order valence-electron chi connectivity index (χ4n) is 1.48. The summed E-state index contributed by atoms with van der Waals surface area (Å²) >= 11 is 0. The van der Waals surface area contributed by atoms with E-state index in [1.807, 2.05) is 0 Å². The second-order valence-corrected chi connectivity index (χ2v) is 3.55. The molecule has 1 aliphatic heterocycles. The van der Waals surface area contributed by atoms with Gasteiger partial charge in [0.2, 0.25) is 5.91 Å². The summed E-state index contributed by atoms with van der Waals surface area (Å²) < 4.78 is 4.76. The number of nitrogens with zero attached hydrogens (tertiary/aromatic N) is 1. The molecular weight excluding hydrogens is 208 g/mol. The number of nitrogens with one attached hydrogen (secondary N) is 1. The largest absolute Gasteiger partial charge is 0.463 e. The van der Waals surface area contributed by atoms with Crippen LogP contribution in [0.3, 0.4) is 0 Å². The molecule has 0 bridgehead atoms. The van der Waals surface area contributed by atoms with Crippen LogP contribution >= 0.6 is 0 Å². The quantitative estimate of drug-likeness (QED) is 0.538. The van der Waals surface area contributed by atoms with Gasteiger partial charge >= 0.3 is 5.97 Å². The Labute approximate surface area is 95.4 Å². The highest BCUT2D eigenvalue weighted by Crippen LogP contribution is 1.96. The summed E-state index contributed by atoms with van der Waals surface area (Å²) in [5, 5.41) is 2.80. The van der Waals surface area contributed by atoms with Crippen molar-refractivity contribution < 1.29 is 14.3 Å². The van der Waals surface area contributed by atoms with Crippen LogP contribution in [0.2, 0.25) is 0 Å². The van der Waals surface area contributed by atoms with Crippen LogP contribution in [-0.2, 0) is 14.3 Å². The topological polar surface area (TPSA) is 58.6 Å². The third kappa shape index (κ3) is 4.93. The Morgan fingerprint density at radius 3 is 3.12 bits per heavy atom. The van der Waals surface area contributed by atoms with Crippen molar-refractivity contribution in [2.75, 3.05) is 32.8 Å². The Hall–Kier alpha value is -1.36. The van der Waals surface area contributed by atoms with Gasteiger partial charge in [-0.1, -0.05) is 6.08 Å². The average Bonchev–Trinajstić information content (AvgIpc) is 2.44. The minimum absolute atomic E-state index is 0.0943. The van der Waals surface area contributed by atoms with Crippen molar-refractivity contribution >= 4 is 11.9 Å². The molecular formula is C11H18N2O3. The average molecular weight is 226 g/mol. The minimum atomic E-state index is -0.313. The lowest BCUT2D eigenvalue weighted by Crippen LogP contribution is -2.28. The number of esters is 1. The molecule has 1 rings (SSSR count). The third-order valence-corrected chi connectivity index (χ3v) is 2.31. The molecule has 90 valence electrons. The molecule has 5 nitrogen and oxygen atoms in total. The van der Waals surface area contributed by atoms with Crippen molar-refractivity contribution in [2.45, 2.75) is 13.3 Å². The van der Waals surface area contributed by atoms with Crippen molar-refractivity contribution in [1.82, 2.24) is 10.2 Å². The van der Waals surface area contributed by atoms with Crippen LogP contribution in [0.4, 0.5) is 0 Å². The van der Waals surface area contributed by atoms with Gasteiger partial charge in [-0.3, -0.25) is 9.69 Å². The van der Waals surface area contributed by atoms with Gasteiger partial charge in [0.25, 0.3) is 0 Å². The van der Waals surface area contributed by atoms with E-state index < -0.39 is 0 Å². The van der Waals surface area contributed by atoms with Gasteiger partial charge in [0, 0.05) is 38.7 Å². The number of carbonyl (C=O) groups excluding carboxylic acids is 2. The molecule has 0 unspecified atom stereocenters. The first-order valence-electron chi connectivity index (χ1n) is 5.54. The fraction of sp³-hybridized carbons (Fsp3) is 0.636. The van der Waals surface area contributed by atoms with Gasteiger partial charge in [0.05, 0.1) is 6.61 Å². The number of carbonyl (C=O) groups is 2. The summed E-state index contributed by atoms with van der Waals surface area (Å²) in [7, 11) is 0. The van der Waals surface area contributed by atoms with E-state index in [1.54, 1.807) is 13.0 Å². The number of hydrogen-bond acceptors (Lipinski definition) is 4. The van der Waals surface area contributed by atoms with Crippen molar-refractivity contribution in [3.63, 3.8) is 0 Å². The SMILES string of the molecule is CCOC(=O)/C=C/CN1CCNC(=O)CC1. The zero-order valence-electron chi connectivity index (χ0n) is 9.57. The number of rotatable bonds is 4. The van der Waals surface area contributed by atoms with Crippen LogP contribution < -0.4 is 5.32 Å². The molecule has 0 aromatic carbocycles. The van der Waals surface area contributed by atoms with E-state index in [9.17, 15) is 9.59 Å². The Kier molecular flexibility index (Phi) is 5.56. The molecule has 1 heterocycles. The highest BCUT2D eigenvalue weighted by Gasteiger charge is 2.11. The molecule has 0 spiro atoms. The zero-order valence-corrected chi connectivity index (χ0v) is 9.57. The molecule has 0 aliphatic carbocycles. The molecule has 1 amide bonds. The Balaban J connectivity index is 2.26. The van der Waals surface area contributed by atoms with Gasteiger partial charge in [0.15, 0.2) is 0 Å². The first-order chi connectivity index (χ1) is 7.72. The van der Waals surface area contributed by atoms with E-state index in [-0.39, 0.29) is 11.9 Å². The number of amides is 1. The van der Waals surface area contributed by atoms with Crippen LogP contribution in [0, 0.1) is 0 Å². The lowest BCUT2D eigenvalue weighted by Gasteiger charge is -2.15. The van der Waals surface area contributed by atoms with Gasteiger partial charge in [-0.05, 0) is 6.92 Å². The summed E-state index contributed by atoms with van der Waals surface area (Å²) in [6.45, 7) is 5.07. The van der Waals surface area contributed by atoms with Crippen molar-refractivity contribution in [1.29, 1.82) is 0 Å². The maximum absolute atomic E-state index is 11.1. The van der Waals surface area contributed by atoms with Crippen molar-refractivity contribution in [2.24, 2.45) is 0 Å². The summed E-state index contributed by atoms with van der Waals surface area (Å²) in [5.41, 5.74) is 0. The van der Waals surface area contributed by atoms with Gasteiger partial charge in [0.1, 0.15) is 0 Å². The maximum Gasteiger partial charge on any atom is 0.330 e. The maximum atomic E-state index is 11.1. The third-order valence-electron chi connectivity index (χ3n) is 2.31. The highest BCUT2D eigenvalue weighted by atomic mass is 16.5. The molecule has 1 saturated heterocycles. The van der Waals surface area contributed by atoms with Gasteiger partial charge in [-0.15, -0.1) is 0 Å². The molecule has 0 aromatic rings. The minimum Gasteiger partial charge on any atom is -0.463 e. The second kappa shape index (κ2) is 7.00. The molecule has 1 fully saturated rings. The Morgan fingerprint density at radius 2 is 2.38 bits per heavy atom. The van der Waals surface area contributed by atoms with Gasteiger partial charge < -0.3 is 10.1 Å². The lowest BCUT2D eigenvalue weighted by atomic mass is 10.3. The highest BCUT2D eigenvalue weighted by molar-refractivity contribution is 5.81. The number of ether oxygens (including phenoxy) is 1. The molecule has 0 saturated carbocycles. The van der Waals surface area contributed by atoms with E-state index in [0.717, 1.165) is 13.1 Å². The predicted molar refractivity (Wildman–Crippen MR) is 59.8 cm³/mol. The summed E-state index contributed by atoms with van der Waals surface area (Å²) in [4.78, 5) is 24.2. The molecule has 16 heavy (non-hydrogen) atoms. The smallest absolute Gasteiger partial charge is 0.330 e. The van der Waals surface area contributed by atoms with E-state index in [2.05, 4.69) is 10.2 Å². The summed E-state index contributed by atoms with van der Waals surface area (Å²) in [6, 6.07) is 0. The zero-order chi connectivity index (χ0) is 11.8. The first-order valence-corrected chi connectivity index (χ1v) is 5.54. The van der Waals surface area contributed by atoms with Crippen LogP contribution in [0.1, 0.15) is 13.3 Å². The van der Waals surface area contributed by atoms with E-state index in [0.29, 0.717) is 26.1 Å². The Morgan fingerprint density at radius 1 is 1.56 bits per heavy atom. The second-order valence-electron chi connectivity index (χ2n) is 3.55. The molecule has 1 N–H and O–H groups in total. The predicted octanol–water partition coefficient (Wildman–Crippen LogP) is -0.0724. The van der Waals surface area contributed by atoms with Crippen LogP contribution in [0.5, 0.6) is 0 Å². The Bertz CT molecular complexity index is 276. The molecule has 1 aliphatic rings. The number of hydrogen-bond donors (Lipinski definition) is 1. The molecule has 0 atom stereocenters. The fourth-order valence-corrected chi connectivity index (χ4v) is 1.48. The van der Waals surface area contributed by atoms with Crippen molar-refractivity contribution in [3.05, 3.63) is 12.2 Å². The van der Waals surface area contributed by atoms with Crippen LogP contribution in [0.25, 0.3) is 0 Å². The standard InChI is InChI=1S/C11H18N2O3/c1-2-16-11(15)4-3-7-13-8-5-10(14)12-6-9-13/h3-4H,2,5-9H2,1H3,(H,12,14)/b4-3+. The van der Waals surface area contributed by atoms with Gasteiger partial charge in [-0.2, -0.15) is 0 Å². The van der Waals surface area contributed by atoms with Crippen LogP contribution in [0.15, 0.2) is 12.2 Å². The lowest BCUT2D eigenvalue weighted by molar-refractivity contribution is -0.137. The van der Waals surface area contributed by atoms with Crippen LogP contribution in [-0.4, -0.2) is 49.6 Å². The van der Waals surface area contributed by atoms with E-state index >= 15 is 0 Å². The molecule has 0 radical (unpaired) electrons.